The van der Waals surface area contributed by atoms with E-state index in [1.54, 1.807) is 6.07 Å². The lowest BCUT2D eigenvalue weighted by Crippen LogP contribution is -2.43. The van der Waals surface area contributed by atoms with Gasteiger partial charge in [-0.15, -0.1) is 0 Å². The fourth-order valence-corrected chi connectivity index (χ4v) is 5.74. The van der Waals surface area contributed by atoms with Crippen molar-refractivity contribution in [3.63, 3.8) is 0 Å². The standard InChI is InChI=1S/C24H31N3O6S/c1-31-22-8-7-20(17-23(22)34(29,30)27-11-15-33-16-12-27)24(28)25-21(19-5-3-2-4-6-19)18-26-9-13-32-14-10-26/h2-8,17,21H,9-16,18H2,1H3,(H,25,28)/t21-/m1/s1. The summed E-state index contributed by atoms with van der Waals surface area (Å²) in [5.41, 5.74) is 1.24. The first-order valence-corrected chi connectivity index (χ1v) is 12.8. The smallest absolute Gasteiger partial charge is 0.251 e. The second-order valence-electron chi connectivity index (χ2n) is 8.23. The summed E-state index contributed by atoms with van der Waals surface area (Å²) in [4.78, 5) is 15.5. The van der Waals surface area contributed by atoms with Gasteiger partial charge in [-0.1, -0.05) is 30.3 Å². The first-order chi connectivity index (χ1) is 16.5. The van der Waals surface area contributed by atoms with Crippen molar-refractivity contribution < 1.29 is 27.4 Å². The van der Waals surface area contributed by atoms with Crippen LogP contribution >= 0.6 is 0 Å². The number of amides is 1. The van der Waals surface area contributed by atoms with Gasteiger partial charge in [0.1, 0.15) is 10.6 Å². The monoisotopic (exact) mass is 489 g/mol. The average molecular weight is 490 g/mol. The molecule has 184 valence electrons. The number of hydrogen-bond acceptors (Lipinski definition) is 7. The molecule has 2 aliphatic rings. The number of ether oxygens (including phenoxy) is 3. The summed E-state index contributed by atoms with van der Waals surface area (Å²) in [7, 11) is -2.42. The number of nitrogens with one attached hydrogen (secondary N) is 1. The summed E-state index contributed by atoms with van der Waals surface area (Å²) in [6.07, 6.45) is 0. The topological polar surface area (TPSA) is 97.4 Å². The molecular formula is C24H31N3O6S. The molecule has 10 heteroatoms. The minimum absolute atomic E-state index is 0.0195. The highest BCUT2D eigenvalue weighted by Gasteiger charge is 2.30. The van der Waals surface area contributed by atoms with Crippen LogP contribution in [0.15, 0.2) is 53.4 Å². The van der Waals surface area contributed by atoms with Crippen LogP contribution in [0.4, 0.5) is 0 Å². The Morgan fingerprint density at radius 3 is 2.29 bits per heavy atom. The average Bonchev–Trinajstić information content (AvgIpc) is 2.89. The lowest BCUT2D eigenvalue weighted by atomic mass is 10.1. The van der Waals surface area contributed by atoms with Crippen LogP contribution in [-0.4, -0.2) is 89.8 Å². The first kappa shape index (κ1) is 24.6. The van der Waals surface area contributed by atoms with Gasteiger partial charge in [-0.05, 0) is 23.8 Å². The first-order valence-electron chi connectivity index (χ1n) is 11.4. The molecular weight excluding hydrogens is 458 g/mol. The van der Waals surface area contributed by atoms with Crippen molar-refractivity contribution in [1.29, 1.82) is 0 Å². The molecule has 2 fully saturated rings. The number of carbonyl (C=O) groups is 1. The molecule has 0 spiro atoms. The third-order valence-electron chi connectivity index (χ3n) is 6.07. The van der Waals surface area contributed by atoms with E-state index in [9.17, 15) is 13.2 Å². The summed E-state index contributed by atoms with van der Waals surface area (Å²) in [6, 6.07) is 14.0. The highest BCUT2D eigenvalue weighted by Crippen LogP contribution is 2.29. The van der Waals surface area contributed by atoms with E-state index in [0.29, 0.717) is 33.0 Å². The molecule has 34 heavy (non-hydrogen) atoms. The van der Waals surface area contributed by atoms with Crippen molar-refractivity contribution in [3.8, 4) is 5.75 Å². The van der Waals surface area contributed by atoms with Crippen LogP contribution in [0.1, 0.15) is 22.0 Å². The minimum Gasteiger partial charge on any atom is -0.495 e. The molecule has 2 saturated heterocycles. The molecule has 0 unspecified atom stereocenters. The summed E-state index contributed by atoms with van der Waals surface area (Å²) >= 11 is 0. The molecule has 0 aromatic heterocycles. The van der Waals surface area contributed by atoms with Gasteiger partial charge in [-0.3, -0.25) is 9.69 Å². The number of sulfonamides is 1. The summed E-state index contributed by atoms with van der Waals surface area (Å²) in [6.45, 7) is 4.74. The molecule has 9 nitrogen and oxygen atoms in total. The highest BCUT2D eigenvalue weighted by atomic mass is 32.2. The van der Waals surface area contributed by atoms with Crippen molar-refractivity contribution in [2.24, 2.45) is 0 Å². The van der Waals surface area contributed by atoms with Crippen LogP contribution in [0.5, 0.6) is 5.75 Å². The number of morpholine rings is 2. The van der Waals surface area contributed by atoms with E-state index in [1.165, 1.54) is 23.5 Å². The maximum atomic E-state index is 13.3. The molecule has 1 amide bonds. The lowest BCUT2D eigenvalue weighted by Gasteiger charge is -2.31. The SMILES string of the molecule is COc1ccc(C(=O)N[C@H](CN2CCOCC2)c2ccccc2)cc1S(=O)(=O)N1CCOCC1. The van der Waals surface area contributed by atoms with Crippen LogP contribution in [0, 0.1) is 0 Å². The quantitative estimate of drug-likeness (QED) is 0.601. The van der Waals surface area contributed by atoms with Gasteiger partial charge >= 0.3 is 0 Å². The number of hydrogen-bond donors (Lipinski definition) is 1. The van der Waals surface area contributed by atoms with Crippen LogP contribution in [0.3, 0.4) is 0 Å². The largest absolute Gasteiger partial charge is 0.495 e. The number of rotatable bonds is 8. The molecule has 2 aromatic carbocycles. The van der Waals surface area contributed by atoms with Gasteiger partial charge in [0.2, 0.25) is 10.0 Å². The van der Waals surface area contributed by atoms with Gasteiger partial charge in [0.25, 0.3) is 5.91 Å². The van der Waals surface area contributed by atoms with Crippen LogP contribution < -0.4 is 10.1 Å². The lowest BCUT2D eigenvalue weighted by molar-refractivity contribution is 0.0332. The molecule has 2 heterocycles. The molecule has 0 saturated carbocycles. The highest BCUT2D eigenvalue weighted by molar-refractivity contribution is 7.89. The van der Waals surface area contributed by atoms with Gasteiger partial charge in [0, 0.05) is 38.3 Å². The second kappa shape index (κ2) is 11.3. The molecule has 4 rings (SSSR count). The Morgan fingerprint density at radius 2 is 1.65 bits per heavy atom. The van der Waals surface area contributed by atoms with Crippen molar-refractivity contribution in [2.75, 3.05) is 66.3 Å². The summed E-state index contributed by atoms with van der Waals surface area (Å²) in [5, 5.41) is 3.10. The van der Waals surface area contributed by atoms with Crippen molar-refractivity contribution in [3.05, 3.63) is 59.7 Å². The predicted octanol–water partition coefficient (Wildman–Crippen LogP) is 1.52. The maximum Gasteiger partial charge on any atom is 0.251 e. The van der Waals surface area contributed by atoms with E-state index in [2.05, 4.69) is 10.2 Å². The van der Waals surface area contributed by atoms with Gasteiger partial charge in [-0.2, -0.15) is 4.31 Å². The predicted molar refractivity (Wildman–Crippen MR) is 126 cm³/mol. The van der Waals surface area contributed by atoms with E-state index in [0.717, 1.165) is 18.7 Å². The molecule has 0 bridgehead atoms. The third-order valence-corrected chi connectivity index (χ3v) is 7.99. The number of benzene rings is 2. The van der Waals surface area contributed by atoms with Gasteiger partial charge in [0.15, 0.2) is 0 Å². The second-order valence-corrected chi connectivity index (χ2v) is 10.1. The molecule has 1 N–H and O–H groups in total. The van der Waals surface area contributed by atoms with Crippen LogP contribution in [0.2, 0.25) is 0 Å². The van der Waals surface area contributed by atoms with Gasteiger partial charge in [0.05, 0.1) is 39.6 Å². The summed E-state index contributed by atoms with van der Waals surface area (Å²) < 4.78 is 44.0. The number of methoxy groups -OCH3 is 1. The van der Waals surface area contributed by atoms with E-state index in [-0.39, 0.29) is 41.2 Å². The van der Waals surface area contributed by atoms with Gasteiger partial charge < -0.3 is 19.5 Å². The Hall–Kier alpha value is -2.50. The van der Waals surface area contributed by atoms with E-state index >= 15 is 0 Å². The zero-order valence-corrected chi connectivity index (χ0v) is 20.1. The molecule has 1 atom stereocenters. The van der Waals surface area contributed by atoms with Crippen LogP contribution in [-0.2, 0) is 19.5 Å². The fraction of sp³-hybridized carbons (Fsp3) is 0.458. The van der Waals surface area contributed by atoms with E-state index in [1.807, 2.05) is 30.3 Å². The van der Waals surface area contributed by atoms with Crippen molar-refractivity contribution in [2.45, 2.75) is 10.9 Å². The Balaban J connectivity index is 1.58. The number of nitrogens with zero attached hydrogens (tertiary/aromatic N) is 2. The zero-order valence-electron chi connectivity index (χ0n) is 19.3. The fourth-order valence-electron chi connectivity index (χ4n) is 4.15. The van der Waals surface area contributed by atoms with E-state index < -0.39 is 10.0 Å². The minimum atomic E-state index is -3.84. The van der Waals surface area contributed by atoms with Crippen LogP contribution in [0.25, 0.3) is 0 Å². The molecule has 0 radical (unpaired) electrons. The third kappa shape index (κ3) is 5.76. The Kier molecular flexibility index (Phi) is 8.17. The van der Waals surface area contributed by atoms with Gasteiger partial charge in [-0.25, -0.2) is 8.42 Å². The van der Waals surface area contributed by atoms with Crippen molar-refractivity contribution >= 4 is 15.9 Å². The summed E-state index contributed by atoms with van der Waals surface area (Å²) in [5.74, 6) is -0.140. The molecule has 0 aliphatic carbocycles. The Bertz CT molecular complexity index is 1070. The maximum absolute atomic E-state index is 13.3. The Morgan fingerprint density at radius 1 is 1.00 bits per heavy atom. The Labute approximate surface area is 200 Å². The molecule has 2 aromatic rings. The van der Waals surface area contributed by atoms with Crippen molar-refractivity contribution in [1.82, 2.24) is 14.5 Å². The normalized spacial score (nSPS) is 18.9. The zero-order chi connectivity index (χ0) is 24.0. The molecule has 2 aliphatic heterocycles. The van der Waals surface area contributed by atoms with E-state index in [4.69, 9.17) is 14.2 Å². The number of carbonyl (C=O) groups excluding carboxylic acids is 1.